The van der Waals surface area contributed by atoms with Gasteiger partial charge in [0.2, 0.25) is 11.2 Å². The Kier molecular flexibility index (Phi) is 5.01. The summed E-state index contributed by atoms with van der Waals surface area (Å²) in [4.78, 5) is 24.3. The molecule has 0 aliphatic carbocycles. The Labute approximate surface area is 171 Å². The molecule has 2 heterocycles. The van der Waals surface area contributed by atoms with Crippen LogP contribution in [0.2, 0.25) is 5.28 Å². The Morgan fingerprint density at radius 3 is 2.52 bits per heavy atom. The van der Waals surface area contributed by atoms with Crippen molar-refractivity contribution < 1.29 is 9.53 Å². The maximum Gasteiger partial charge on any atom is 0.248 e. The van der Waals surface area contributed by atoms with Gasteiger partial charge in [-0.2, -0.15) is 9.97 Å². The molecule has 0 fully saturated rings. The molecule has 0 aliphatic rings. The number of benzene rings is 2. The van der Waals surface area contributed by atoms with Gasteiger partial charge in [0.25, 0.3) is 0 Å². The van der Waals surface area contributed by atoms with Gasteiger partial charge in [0, 0.05) is 17.8 Å². The van der Waals surface area contributed by atoms with E-state index in [-0.39, 0.29) is 5.28 Å². The summed E-state index contributed by atoms with van der Waals surface area (Å²) in [6.45, 7) is 0.534. The number of rotatable bonds is 6. The molecule has 3 N–H and O–H groups in total. The SMILES string of the molecule is COc1ccc(CNc2nc(Cl)nc3c2ncn3-c2ccc(C(N)=O)cc2)cc1. The molecule has 1 amide bonds. The van der Waals surface area contributed by atoms with Crippen molar-refractivity contribution in [3.63, 3.8) is 0 Å². The molecule has 0 radical (unpaired) electrons. The lowest BCUT2D eigenvalue weighted by Crippen LogP contribution is -2.10. The molecule has 0 saturated heterocycles. The number of amides is 1. The van der Waals surface area contributed by atoms with Gasteiger partial charge < -0.3 is 15.8 Å². The van der Waals surface area contributed by atoms with Crippen LogP contribution in [0.5, 0.6) is 5.75 Å². The van der Waals surface area contributed by atoms with Crippen molar-refractivity contribution in [3.8, 4) is 11.4 Å². The Bertz CT molecular complexity index is 1170. The Balaban J connectivity index is 1.64. The number of carbonyl (C=O) groups excluding carboxylic acids is 1. The van der Waals surface area contributed by atoms with Gasteiger partial charge in [0.05, 0.1) is 7.11 Å². The van der Waals surface area contributed by atoms with Crippen LogP contribution in [0.15, 0.2) is 54.9 Å². The zero-order valence-corrected chi connectivity index (χ0v) is 16.2. The van der Waals surface area contributed by atoms with Crippen LogP contribution in [0.4, 0.5) is 5.82 Å². The monoisotopic (exact) mass is 408 g/mol. The lowest BCUT2D eigenvalue weighted by atomic mass is 10.2. The van der Waals surface area contributed by atoms with Crippen molar-refractivity contribution in [3.05, 3.63) is 71.3 Å². The van der Waals surface area contributed by atoms with Gasteiger partial charge in [-0.25, -0.2) is 4.98 Å². The van der Waals surface area contributed by atoms with Crippen molar-refractivity contribution in [2.75, 3.05) is 12.4 Å². The van der Waals surface area contributed by atoms with E-state index in [0.29, 0.717) is 29.1 Å². The standard InChI is InChI=1S/C20H17ClN6O2/c1-29-15-8-2-12(3-9-15)10-23-18-16-19(26-20(21)25-18)27(11-24-16)14-6-4-13(5-7-14)17(22)28/h2-9,11H,10H2,1H3,(H2,22,28)(H,23,25,26). The molecule has 2 aromatic carbocycles. The summed E-state index contributed by atoms with van der Waals surface area (Å²) < 4.78 is 6.94. The first-order valence-electron chi connectivity index (χ1n) is 8.73. The van der Waals surface area contributed by atoms with Gasteiger partial charge in [-0.1, -0.05) is 12.1 Å². The number of ether oxygens (including phenoxy) is 1. The van der Waals surface area contributed by atoms with E-state index in [2.05, 4.69) is 20.3 Å². The predicted octanol–water partition coefficient (Wildman–Crippen LogP) is 3.19. The fourth-order valence-corrected chi connectivity index (χ4v) is 3.07. The summed E-state index contributed by atoms with van der Waals surface area (Å²) in [6, 6.07) is 14.5. The first kappa shape index (κ1) is 18.7. The molecule has 0 saturated carbocycles. The molecule has 4 rings (SSSR count). The lowest BCUT2D eigenvalue weighted by molar-refractivity contribution is 0.100. The van der Waals surface area contributed by atoms with E-state index < -0.39 is 5.91 Å². The number of primary amides is 1. The third-order valence-corrected chi connectivity index (χ3v) is 4.59. The number of aromatic nitrogens is 4. The molecule has 9 heteroatoms. The molecule has 0 unspecified atom stereocenters. The highest BCUT2D eigenvalue weighted by Gasteiger charge is 2.14. The number of nitrogens with zero attached hydrogens (tertiary/aromatic N) is 4. The van der Waals surface area contributed by atoms with E-state index in [4.69, 9.17) is 22.1 Å². The molecule has 8 nitrogen and oxygen atoms in total. The fraction of sp³-hybridized carbons (Fsp3) is 0.100. The molecule has 29 heavy (non-hydrogen) atoms. The zero-order chi connectivity index (χ0) is 20.4. The number of fused-ring (bicyclic) bond motifs is 1. The van der Waals surface area contributed by atoms with E-state index in [0.717, 1.165) is 17.0 Å². The van der Waals surface area contributed by atoms with Crippen molar-refractivity contribution >= 4 is 34.5 Å². The Hall–Kier alpha value is -3.65. The maximum absolute atomic E-state index is 11.3. The maximum atomic E-state index is 11.3. The number of hydrogen-bond acceptors (Lipinski definition) is 6. The Morgan fingerprint density at radius 1 is 1.14 bits per heavy atom. The summed E-state index contributed by atoms with van der Waals surface area (Å²) >= 11 is 6.15. The minimum atomic E-state index is -0.484. The number of nitrogens with two attached hydrogens (primary N) is 1. The molecule has 0 bridgehead atoms. The molecular weight excluding hydrogens is 392 g/mol. The third-order valence-electron chi connectivity index (χ3n) is 4.42. The molecule has 4 aromatic rings. The first-order valence-corrected chi connectivity index (χ1v) is 9.10. The van der Waals surface area contributed by atoms with Crippen molar-refractivity contribution in [1.82, 2.24) is 19.5 Å². The number of nitrogens with one attached hydrogen (secondary N) is 1. The highest BCUT2D eigenvalue weighted by Crippen LogP contribution is 2.24. The third kappa shape index (κ3) is 3.83. The van der Waals surface area contributed by atoms with Crippen molar-refractivity contribution in [2.24, 2.45) is 5.73 Å². The molecule has 0 aliphatic heterocycles. The van der Waals surface area contributed by atoms with E-state index >= 15 is 0 Å². The van der Waals surface area contributed by atoms with E-state index in [1.165, 1.54) is 0 Å². The van der Waals surface area contributed by atoms with Gasteiger partial charge in [-0.3, -0.25) is 9.36 Å². The minimum Gasteiger partial charge on any atom is -0.497 e. The number of carbonyl (C=O) groups is 1. The van der Waals surface area contributed by atoms with Gasteiger partial charge >= 0.3 is 0 Å². The minimum absolute atomic E-state index is 0.102. The molecule has 0 atom stereocenters. The number of anilines is 1. The lowest BCUT2D eigenvalue weighted by Gasteiger charge is -2.09. The summed E-state index contributed by atoms with van der Waals surface area (Å²) in [5.74, 6) is 0.841. The number of hydrogen-bond donors (Lipinski definition) is 2. The normalized spacial score (nSPS) is 10.8. The quantitative estimate of drug-likeness (QED) is 0.474. The number of imidazole rings is 1. The second-order valence-electron chi connectivity index (χ2n) is 6.24. The highest BCUT2D eigenvalue weighted by molar-refractivity contribution is 6.28. The Morgan fingerprint density at radius 2 is 1.86 bits per heavy atom. The fourth-order valence-electron chi connectivity index (χ4n) is 2.90. The van der Waals surface area contributed by atoms with Gasteiger partial charge in [0.1, 0.15) is 12.1 Å². The topological polar surface area (TPSA) is 108 Å². The average molecular weight is 409 g/mol. The summed E-state index contributed by atoms with van der Waals surface area (Å²) in [5, 5.41) is 3.36. The van der Waals surface area contributed by atoms with E-state index in [1.807, 2.05) is 24.3 Å². The van der Waals surface area contributed by atoms with Crippen molar-refractivity contribution in [1.29, 1.82) is 0 Å². The average Bonchev–Trinajstić information content (AvgIpc) is 3.16. The van der Waals surface area contributed by atoms with Crippen LogP contribution in [0.1, 0.15) is 15.9 Å². The smallest absolute Gasteiger partial charge is 0.248 e. The van der Waals surface area contributed by atoms with Gasteiger partial charge in [-0.15, -0.1) is 0 Å². The molecular formula is C20H17ClN6O2. The zero-order valence-electron chi connectivity index (χ0n) is 15.5. The highest BCUT2D eigenvalue weighted by atomic mass is 35.5. The largest absolute Gasteiger partial charge is 0.497 e. The molecule has 2 aromatic heterocycles. The van der Waals surface area contributed by atoms with Crippen LogP contribution in [0, 0.1) is 0 Å². The van der Waals surface area contributed by atoms with E-state index in [1.54, 1.807) is 42.3 Å². The van der Waals surface area contributed by atoms with Crippen LogP contribution in [0.25, 0.3) is 16.9 Å². The van der Waals surface area contributed by atoms with Crippen molar-refractivity contribution in [2.45, 2.75) is 6.54 Å². The number of methoxy groups -OCH3 is 1. The van der Waals surface area contributed by atoms with Crippen LogP contribution in [-0.2, 0) is 6.54 Å². The second-order valence-corrected chi connectivity index (χ2v) is 6.58. The predicted molar refractivity (Wildman–Crippen MR) is 111 cm³/mol. The van der Waals surface area contributed by atoms with Crippen LogP contribution < -0.4 is 15.8 Å². The van der Waals surface area contributed by atoms with Gasteiger partial charge in [0.15, 0.2) is 17.0 Å². The first-order chi connectivity index (χ1) is 14.0. The van der Waals surface area contributed by atoms with Gasteiger partial charge in [-0.05, 0) is 53.6 Å². The molecule has 0 spiro atoms. The van der Waals surface area contributed by atoms with E-state index in [9.17, 15) is 4.79 Å². The number of halogens is 1. The summed E-state index contributed by atoms with van der Waals surface area (Å²) in [7, 11) is 1.63. The molecule has 146 valence electrons. The van der Waals surface area contributed by atoms with Crippen LogP contribution >= 0.6 is 11.6 Å². The van der Waals surface area contributed by atoms with Crippen LogP contribution in [-0.4, -0.2) is 32.5 Å². The summed E-state index contributed by atoms with van der Waals surface area (Å²) in [5.41, 5.74) is 8.68. The van der Waals surface area contributed by atoms with Crippen LogP contribution in [0.3, 0.4) is 0 Å². The second kappa shape index (κ2) is 7.76. The summed E-state index contributed by atoms with van der Waals surface area (Å²) in [6.07, 6.45) is 1.63.